The van der Waals surface area contributed by atoms with Crippen molar-refractivity contribution in [3.8, 4) is 6.07 Å². The molecule has 6 heteroatoms. The van der Waals surface area contributed by atoms with Crippen molar-refractivity contribution in [2.24, 2.45) is 0 Å². The lowest BCUT2D eigenvalue weighted by atomic mass is 10.2. The summed E-state index contributed by atoms with van der Waals surface area (Å²) >= 11 is 0. The smallest absolute Gasteiger partial charge is 0.257 e. The Hall–Kier alpha value is -1.12. The molecule has 0 radical (unpaired) electrons. The first kappa shape index (κ1) is 11.0. The molecule has 0 amide bonds. The minimum atomic E-state index is -3.88. The Morgan fingerprint density at radius 1 is 1.50 bits per heavy atom. The van der Waals surface area contributed by atoms with Gasteiger partial charge in [0.2, 0.25) is 0 Å². The number of hydrogen-bond acceptors (Lipinski definition) is 4. The Balaban J connectivity index is 3.68. The summed E-state index contributed by atoms with van der Waals surface area (Å²) in [6, 6.07) is 3.06. The minimum Gasteiger partial charge on any atom is -0.257 e. The molecule has 74 valence electrons. The van der Waals surface area contributed by atoms with Crippen LogP contribution in [0.15, 0.2) is 11.0 Å². The summed E-state index contributed by atoms with van der Waals surface area (Å²) in [6.45, 7) is 3.21. The molecule has 0 atom stereocenters. The van der Waals surface area contributed by atoms with Crippen LogP contribution in [0.2, 0.25) is 0 Å². The van der Waals surface area contributed by atoms with E-state index in [1.165, 1.54) is 6.07 Å². The van der Waals surface area contributed by atoms with Crippen molar-refractivity contribution in [2.75, 3.05) is 0 Å². The zero-order valence-corrected chi connectivity index (χ0v) is 9.15. The van der Waals surface area contributed by atoms with Crippen LogP contribution in [0.1, 0.15) is 17.0 Å². The quantitative estimate of drug-likeness (QED) is 0.686. The molecule has 4 nitrogen and oxygen atoms in total. The maximum Gasteiger partial charge on any atom is 0.262 e. The fourth-order valence-electron chi connectivity index (χ4n) is 1.12. The predicted octanol–water partition coefficient (Wildman–Crippen LogP) is 1.50. The first-order valence-corrected chi connectivity index (χ1v) is 6.00. The zero-order valence-electron chi connectivity index (χ0n) is 7.57. The number of aryl methyl sites for hydroxylation is 2. The molecule has 0 aliphatic heterocycles. The van der Waals surface area contributed by atoms with E-state index in [1.807, 2.05) is 0 Å². The number of hydrogen-bond donors (Lipinski definition) is 0. The van der Waals surface area contributed by atoms with Crippen molar-refractivity contribution in [3.63, 3.8) is 0 Å². The van der Waals surface area contributed by atoms with Crippen LogP contribution < -0.4 is 0 Å². The molecule has 0 aliphatic carbocycles. The van der Waals surface area contributed by atoms with Crippen LogP contribution in [0.4, 0.5) is 0 Å². The van der Waals surface area contributed by atoms with Crippen LogP contribution in [-0.4, -0.2) is 13.4 Å². The lowest BCUT2D eigenvalue weighted by Gasteiger charge is -2.03. The SMILES string of the molecule is Cc1cc(S(=O)(=O)Cl)c(C#N)c(C)n1. The van der Waals surface area contributed by atoms with Gasteiger partial charge in [-0.2, -0.15) is 5.26 Å². The molecule has 1 rings (SSSR count). The summed E-state index contributed by atoms with van der Waals surface area (Å²) in [4.78, 5) is 3.80. The molecular weight excluding hydrogens is 224 g/mol. The molecular formula is C8H7ClN2O2S. The van der Waals surface area contributed by atoms with Gasteiger partial charge in [-0.05, 0) is 19.9 Å². The largest absolute Gasteiger partial charge is 0.262 e. The fraction of sp³-hybridized carbons (Fsp3) is 0.250. The number of nitrogens with zero attached hydrogens (tertiary/aromatic N) is 2. The molecule has 0 fully saturated rings. The van der Waals surface area contributed by atoms with Crippen LogP contribution in [-0.2, 0) is 9.05 Å². The summed E-state index contributed by atoms with van der Waals surface area (Å²) in [5, 5.41) is 8.74. The van der Waals surface area contributed by atoms with Gasteiger partial charge in [0, 0.05) is 16.4 Å². The number of halogens is 1. The standard InChI is InChI=1S/C8H7ClN2O2S/c1-5-3-8(14(9,12)13)7(4-10)6(2)11-5/h3H,1-2H3. The van der Waals surface area contributed by atoms with Crippen LogP contribution >= 0.6 is 10.7 Å². The second-order valence-corrected chi connectivity index (χ2v) is 5.31. The maximum atomic E-state index is 11.1. The van der Waals surface area contributed by atoms with Gasteiger partial charge < -0.3 is 0 Å². The third-order valence-corrected chi connectivity index (χ3v) is 3.01. The highest BCUT2D eigenvalue weighted by Gasteiger charge is 2.18. The average Bonchev–Trinajstić information content (AvgIpc) is 2.01. The average molecular weight is 231 g/mol. The number of rotatable bonds is 1. The highest BCUT2D eigenvalue weighted by molar-refractivity contribution is 8.13. The molecule has 1 aromatic heterocycles. The Morgan fingerprint density at radius 3 is 2.50 bits per heavy atom. The first-order chi connectivity index (χ1) is 6.36. The maximum absolute atomic E-state index is 11.1. The first-order valence-electron chi connectivity index (χ1n) is 3.69. The summed E-state index contributed by atoms with van der Waals surface area (Å²) in [7, 11) is 1.30. The molecule has 1 heterocycles. The van der Waals surface area contributed by atoms with Crippen molar-refractivity contribution >= 4 is 19.7 Å². The van der Waals surface area contributed by atoms with Crippen LogP contribution in [0.5, 0.6) is 0 Å². The summed E-state index contributed by atoms with van der Waals surface area (Å²) in [5.74, 6) is 0. The fourth-order valence-corrected chi connectivity index (χ4v) is 2.23. The Bertz CT molecular complexity index is 517. The van der Waals surface area contributed by atoms with E-state index in [0.717, 1.165) is 0 Å². The van der Waals surface area contributed by atoms with Gasteiger partial charge in [-0.3, -0.25) is 4.98 Å². The molecule has 14 heavy (non-hydrogen) atoms. The van der Waals surface area contributed by atoms with Gasteiger partial charge in [-0.1, -0.05) is 0 Å². The highest BCUT2D eigenvalue weighted by atomic mass is 35.7. The van der Waals surface area contributed by atoms with E-state index in [1.54, 1.807) is 19.9 Å². The van der Waals surface area contributed by atoms with Crippen molar-refractivity contribution < 1.29 is 8.42 Å². The molecule has 0 bridgehead atoms. The Labute approximate surface area is 86.6 Å². The van der Waals surface area contributed by atoms with Crippen LogP contribution in [0, 0.1) is 25.2 Å². The number of pyridine rings is 1. The van der Waals surface area contributed by atoms with Crippen molar-refractivity contribution in [2.45, 2.75) is 18.7 Å². The normalized spacial score (nSPS) is 11.0. The van der Waals surface area contributed by atoms with E-state index in [-0.39, 0.29) is 10.5 Å². The molecule has 0 aliphatic rings. The van der Waals surface area contributed by atoms with Gasteiger partial charge in [-0.25, -0.2) is 8.42 Å². The summed E-state index contributed by atoms with van der Waals surface area (Å²) in [5.41, 5.74) is 0.887. The second-order valence-electron chi connectivity index (χ2n) is 2.77. The van der Waals surface area contributed by atoms with Gasteiger partial charge in [-0.15, -0.1) is 0 Å². The zero-order chi connectivity index (χ0) is 10.9. The molecule has 1 aromatic rings. The summed E-state index contributed by atoms with van der Waals surface area (Å²) in [6.07, 6.45) is 0. The van der Waals surface area contributed by atoms with Gasteiger partial charge in [0.1, 0.15) is 11.0 Å². The van der Waals surface area contributed by atoms with E-state index in [9.17, 15) is 8.42 Å². The lowest BCUT2D eigenvalue weighted by Crippen LogP contribution is -2.01. The van der Waals surface area contributed by atoms with E-state index >= 15 is 0 Å². The van der Waals surface area contributed by atoms with E-state index in [4.69, 9.17) is 15.9 Å². The minimum absolute atomic E-state index is 0.00519. The van der Waals surface area contributed by atoms with E-state index in [0.29, 0.717) is 11.4 Å². The molecule has 0 saturated carbocycles. The van der Waals surface area contributed by atoms with Crippen molar-refractivity contribution in [1.29, 1.82) is 5.26 Å². The Kier molecular flexibility index (Phi) is 2.79. The van der Waals surface area contributed by atoms with Gasteiger partial charge >= 0.3 is 0 Å². The molecule has 0 spiro atoms. The van der Waals surface area contributed by atoms with E-state index < -0.39 is 9.05 Å². The molecule has 0 saturated heterocycles. The van der Waals surface area contributed by atoms with Gasteiger partial charge in [0.15, 0.2) is 0 Å². The molecule has 0 N–H and O–H groups in total. The van der Waals surface area contributed by atoms with E-state index in [2.05, 4.69) is 4.98 Å². The van der Waals surface area contributed by atoms with Gasteiger partial charge in [0.05, 0.1) is 11.3 Å². The monoisotopic (exact) mass is 230 g/mol. The summed E-state index contributed by atoms with van der Waals surface area (Å²) < 4.78 is 22.2. The lowest BCUT2D eigenvalue weighted by molar-refractivity contribution is 0.609. The van der Waals surface area contributed by atoms with Crippen molar-refractivity contribution in [1.82, 2.24) is 4.98 Å². The number of aromatic nitrogens is 1. The third-order valence-electron chi connectivity index (χ3n) is 1.67. The van der Waals surface area contributed by atoms with Crippen LogP contribution in [0.25, 0.3) is 0 Å². The molecule has 0 unspecified atom stereocenters. The van der Waals surface area contributed by atoms with Crippen molar-refractivity contribution in [3.05, 3.63) is 23.0 Å². The third kappa shape index (κ3) is 2.03. The topological polar surface area (TPSA) is 70.8 Å². The highest BCUT2D eigenvalue weighted by Crippen LogP contribution is 2.21. The molecule has 0 aromatic carbocycles. The Morgan fingerprint density at radius 2 is 2.07 bits per heavy atom. The van der Waals surface area contributed by atoms with Crippen LogP contribution in [0.3, 0.4) is 0 Å². The number of nitriles is 1. The second kappa shape index (κ2) is 3.56. The van der Waals surface area contributed by atoms with Gasteiger partial charge in [0.25, 0.3) is 9.05 Å². The predicted molar refractivity (Wildman–Crippen MR) is 51.5 cm³/mol.